The average molecular weight is 293 g/mol. The number of hydrogen-bond acceptors (Lipinski definition) is 3. The zero-order valence-corrected chi connectivity index (χ0v) is 12.5. The van der Waals surface area contributed by atoms with Crippen molar-refractivity contribution in [2.75, 3.05) is 26.3 Å². The van der Waals surface area contributed by atoms with Gasteiger partial charge in [-0.2, -0.15) is 5.10 Å². The van der Waals surface area contributed by atoms with Crippen molar-refractivity contribution in [3.8, 4) is 11.3 Å². The van der Waals surface area contributed by atoms with Crippen molar-refractivity contribution in [2.45, 2.75) is 6.54 Å². The van der Waals surface area contributed by atoms with Crippen LogP contribution < -0.4 is 0 Å². The van der Waals surface area contributed by atoms with Gasteiger partial charge in [-0.15, -0.1) is 0 Å². The number of nitrogens with zero attached hydrogens (tertiary/aromatic N) is 3. The molecular formula is C18H19N3O. The fourth-order valence-corrected chi connectivity index (χ4v) is 3.06. The van der Waals surface area contributed by atoms with E-state index in [1.54, 1.807) is 0 Å². The lowest BCUT2D eigenvalue weighted by molar-refractivity contribution is 0.0342. The molecule has 22 heavy (non-hydrogen) atoms. The molecule has 0 radical (unpaired) electrons. The standard InChI is InChI=1S/C18H19N3O/c1-2-6-17(15(4-1)14-20-10-12-22-13-11-20)18-7-3-5-16-8-9-19-21(16)18/h1-9H,10-14H2. The summed E-state index contributed by atoms with van der Waals surface area (Å²) < 4.78 is 7.46. The van der Waals surface area contributed by atoms with Crippen LogP contribution in [-0.2, 0) is 11.3 Å². The second-order valence-corrected chi connectivity index (χ2v) is 5.62. The third-order valence-corrected chi connectivity index (χ3v) is 4.21. The largest absolute Gasteiger partial charge is 0.379 e. The number of ether oxygens (including phenoxy) is 1. The maximum absolute atomic E-state index is 5.44. The Bertz CT molecular complexity index is 775. The molecule has 0 spiro atoms. The predicted molar refractivity (Wildman–Crippen MR) is 86.7 cm³/mol. The lowest BCUT2D eigenvalue weighted by atomic mass is 10.0. The Morgan fingerprint density at radius 3 is 2.73 bits per heavy atom. The van der Waals surface area contributed by atoms with Crippen LogP contribution in [0.2, 0.25) is 0 Å². The molecule has 0 amide bonds. The van der Waals surface area contributed by atoms with Crippen molar-refractivity contribution in [3.05, 3.63) is 60.3 Å². The molecule has 1 aliphatic rings. The topological polar surface area (TPSA) is 29.8 Å². The Kier molecular flexibility index (Phi) is 3.62. The molecular weight excluding hydrogens is 274 g/mol. The summed E-state index contributed by atoms with van der Waals surface area (Å²) in [5.41, 5.74) is 4.86. The fourth-order valence-electron chi connectivity index (χ4n) is 3.06. The van der Waals surface area contributed by atoms with E-state index in [-0.39, 0.29) is 0 Å². The molecule has 0 atom stereocenters. The molecule has 4 rings (SSSR count). The van der Waals surface area contributed by atoms with Crippen LogP contribution in [0.5, 0.6) is 0 Å². The maximum Gasteiger partial charge on any atom is 0.0728 e. The Morgan fingerprint density at radius 2 is 1.82 bits per heavy atom. The normalized spacial score (nSPS) is 16.2. The van der Waals surface area contributed by atoms with Crippen molar-refractivity contribution < 1.29 is 4.74 Å². The average Bonchev–Trinajstić information content (AvgIpc) is 3.05. The molecule has 0 bridgehead atoms. The third-order valence-electron chi connectivity index (χ3n) is 4.21. The summed E-state index contributed by atoms with van der Waals surface area (Å²) in [6, 6.07) is 17.0. The number of fused-ring (bicyclic) bond motifs is 1. The van der Waals surface area contributed by atoms with Gasteiger partial charge in [-0.3, -0.25) is 4.90 Å². The van der Waals surface area contributed by atoms with Crippen LogP contribution in [-0.4, -0.2) is 40.8 Å². The minimum Gasteiger partial charge on any atom is -0.379 e. The highest BCUT2D eigenvalue weighted by atomic mass is 16.5. The van der Waals surface area contributed by atoms with Gasteiger partial charge in [-0.25, -0.2) is 4.52 Å². The first kappa shape index (κ1) is 13.5. The van der Waals surface area contributed by atoms with E-state index < -0.39 is 0 Å². The number of rotatable bonds is 3. The summed E-state index contributed by atoms with van der Waals surface area (Å²) >= 11 is 0. The van der Waals surface area contributed by atoms with E-state index in [0.29, 0.717) is 0 Å². The number of benzene rings is 1. The van der Waals surface area contributed by atoms with E-state index in [0.717, 1.165) is 44.1 Å². The van der Waals surface area contributed by atoms with E-state index >= 15 is 0 Å². The summed E-state index contributed by atoms with van der Waals surface area (Å²) in [5.74, 6) is 0. The van der Waals surface area contributed by atoms with Gasteiger partial charge in [-0.05, 0) is 23.8 Å². The van der Waals surface area contributed by atoms with Gasteiger partial charge in [0.2, 0.25) is 0 Å². The first-order valence-corrected chi connectivity index (χ1v) is 7.73. The van der Waals surface area contributed by atoms with Gasteiger partial charge in [0.25, 0.3) is 0 Å². The summed E-state index contributed by atoms with van der Waals surface area (Å²) in [6.45, 7) is 4.62. The highest BCUT2D eigenvalue weighted by Gasteiger charge is 2.14. The van der Waals surface area contributed by atoms with E-state index in [9.17, 15) is 0 Å². The molecule has 0 aliphatic carbocycles. The highest BCUT2D eigenvalue weighted by Crippen LogP contribution is 2.25. The third kappa shape index (κ3) is 2.51. The smallest absolute Gasteiger partial charge is 0.0728 e. The lowest BCUT2D eigenvalue weighted by Gasteiger charge is -2.27. The monoisotopic (exact) mass is 293 g/mol. The molecule has 0 N–H and O–H groups in total. The van der Waals surface area contributed by atoms with E-state index in [1.165, 1.54) is 11.1 Å². The molecule has 3 heterocycles. The van der Waals surface area contributed by atoms with Gasteiger partial charge in [0.15, 0.2) is 0 Å². The van der Waals surface area contributed by atoms with Crippen molar-refractivity contribution in [1.29, 1.82) is 0 Å². The predicted octanol–water partition coefficient (Wildman–Crippen LogP) is 2.83. The molecule has 1 saturated heterocycles. The van der Waals surface area contributed by atoms with Crippen LogP contribution in [0.1, 0.15) is 5.56 Å². The van der Waals surface area contributed by atoms with Gasteiger partial charge < -0.3 is 4.74 Å². The molecule has 1 aromatic carbocycles. The Balaban J connectivity index is 1.74. The number of hydrogen-bond donors (Lipinski definition) is 0. The minimum absolute atomic E-state index is 0.830. The van der Waals surface area contributed by atoms with Crippen molar-refractivity contribution in [1.82, 2.24) is 14.5 Å². The van der Waals surface area contributed by atoms with Crippen LogP contribution in [0, 0.1) is 0 Å². The first-order valence-electron chi connectivity index (χ1n) is 7.73. The zero-order valence-electron chi connectivity index (χ0n) is 12.5. The summed E-state index contributed by atoms with van der Waals surface area (Å²) in [6.07, 6.45) is 1.85. The summed E-state index contributed by atoms with van der Waals surface area (Å²) in [7, 11) is 0. The quantitative estimate of drug-likeness (QED) is 0.744. The summed E-state index contributed by atoms with van der Waals surface area (Å²) in [4.78, 5) is 2.45. The molecule has 0 unspecified atom stereocenters. The van der Waals surface area contributed by atoms with Crippen molar-refractivity contribution in [3.63, 3.8) is 0 Å². The summed E-state index contributed by atoms with van der Waals surface area (Å²) in [5, 5.41) is 4.47. The number of morpholine rings is 1. The van der Waals surface area contributed by atoms with E-state index in [2.05, 4.69) is 52.5 Å². The molecule has 1 aliphatic heterocycles. The first-order chi connectivity index (χ1) is 10.9. The second-order valence-electron chi connectivity index (χ2n) is 5.62. The fraction of sp³-hybridized carbons (Fsp3) is 0.278. The van der Waals surface area contributed by atoms with Crippen LogP contribution in [0.25, 0.3) is 16.8 Å². The van der Waals surface area contributed by atoms with Crippen LogP contribution in [0.3, 0.4) is 0 Å². The van der Waals surface area contributed by atoms with Crippen LogP contribution in [0.15, 0.2) is 54.7 Å². The van der Waals surface area contributed by atoms with Crippen molar-refractivity contribution >= 4 is 5.52 Å². The van der Waals surface area contributed by atoms with Gasteiger partial charge in [-0.1, -0.05) is 30.3 Å². The molecule has 1 fully saturated rings. The van der Waals surface area contributed by atoms with Gasteiger partial charge in [0.05, 0.1) is 30.6 Å². The molecule has 112 valence electrons. The highest BCUT2D eigenvalue weighted by molar-refractivity contribution is 5.67. The van der Waals surface area contributed by atoms with Gasteiger partial charge in [0, 0.05) is 25.2 Å². The zero-order chi connectivity index (χ0) is 14.8. The van der Waals surface area contributed by atoms with Gasteiger partial charge >= 0.3 is 0 Å². The number of aromatic nitrogens is 2. The number of pyridine rings is 1. The Morgan fingerprint density at radius 1 is 0.955 bits per heavy atom. The van der Waals surface area contributed by atoms with E-state index in [4.69, 9.17) is 4.74 Å². The van der Waals surface area contributed by atoms with Crippen LogP contribution in [0.4, 0.5) is 0 Å². The molecule has 2 aromatic heterocycles. The van der Waals surface area contributed by atoms with Crippen molar-refractivity contribution in [2.24, 2.45) is 0 Å². The SMILES string of the molecule is c1ccc(-c2cccc3ccnn23)c(CN2CCOCC2)c1. The maximum atomic E-state index is 5.44. The van der Waals surface area contributed by atoms with Gasteiger partial charge in [0.1, 0.15) is 0 Å². The van der Waals surface area contributed by atoms with Crippen LogP contribution >= 0.6 is 0 Å². The van der Waals surface area contributed by atoms with E-state index in [1.807, 2.05) is 16.8 Å². The Hall–Kier alpha value is -2.17. The lowest BCUT2D eigenvalue weighted by Crippen LogP contribution is -2.35. The molecule has 4 nitrogen and oxygen atoms in total. The molecule has 3 aromatic rings. The minimum atomic E-state index is 0.830. The second kappa shape index (κ2) is 5.91. The molecule has 0 saturated carbocycles. The Labute approximate surface area is 129 Å². The molecule has 4 heteroatoms.